The molecule has 156 valence electrons. The Hall–Kier alpha value is -2.38. The molecule has 0 saturated carbocycles. The predicted molar refractivity (Wildman–Crippen MR) is 105 cm³/mol. The molecule has 1 heterocycles. The number of nitrogens with one attached hydrogen (secondary N) is 2. The van der Waals surface area contributed by atoms with Crippen LogP contribution in [0, 0.1) is 11.6 Å². The van der Waals surface area contributed by atoms with Crippen LogP contribution in [0.3, 0.4) is 0 Å². The molecule has 1 saturated heterocycles. The number of rotatable bonds is 9. The Morgan fingerprint density at radius 3 is 2.89 bits per heavy atom. The largest absolute Gasteiger partial charge is 0.489 e. The van der Waals surface area contributed by atoms with Crippen LogP contribution in [0.2, 0.25) is 0 Å². The molecule has 1 aromatic rings. The van der Waals surface area contributed by atoms with E-state index in [1.165, 1.54) is 6.07 Å². The van der Waals surface area contributed by atoms with Crippen LogP contribution in [0.1, 0.15) is 39.0 Å². The highest BCUT2D eigenvalue weighted by atomic mass is 19.1. The fourth-order valence-electron chi connectivity index (χ4n) is 2.99. The third-order valence-corrected chi connectivity index (χ3v) is 4.42. The second-order valence-corrected chi connectivity index (χ2v) is 6.66. The molecule has 6 nitrogen and oxygen atoms in total. The van der Waals surface area contributed by atoms with E-state index < -0.39 is 11.6 Å². The van der Waals surface area contributed by atoms with E-state index in [2.05, 4.69) is 15.6 Å². The average Bonchev–Trinajstić information content (AvgIpc) is 2.87. The molecule has 0 spiro atoms. The normalized spacial score (nSPS) is 15.3. The molecular formula is C20H30F2N4O2. The van der Waals surface area contributed by atoms with Crippen molar-refractivity contribution in [2.24, 2.45) is 4.99 Å². The molecule has 0 aliphatic carbocycles. The number of amides is 1. The molecule has 1 amide bonds. The Labute approximate surface area is 165 Å². The van der Waals surface area contributed by atoms with Crippen molar-refractivity contribution in [1.29, 1.82) is 0 Å². The van der Waals surface area contributed by atoms with Gasteiger partial charge >= 0.3 is 0 Å². The topological polar surface area (TPSA) is 66.0 Å². The minimum absolute atomic E-state index is 0.0206. The molecule has 2 N–H and O–H groups in total. The molecule has 1 aromatic carbocycles. The van der Waals surface area contributed by atoms with E-state index in [1.54, 1.807) is 0 Å². The number of carbonyl (C=O) groups is 1. The number of ether oxygens (including phenoxy) is 1. The number of hydrogen-bond acceptors (Lipinski definition) is 3. The van der Waals surface area contributed by atoms with Gasteiger partial charge in [0, 0.05) is 38.7 Å². The Bertz CT molecular complexity index is 655. The van der Waals surface area contributed by atoms with Crippen molar-refractivity contribution in [3.05, 3.63) is 29.8 Å². The quantitative estimate of drug-likeness (QED) is 0.383. The minimum atomic E-state index is -0.719. The number of halogens is 2. The van der Waals surface area contributed by atoms with Gasteiger partial charge in [0.05, 0.1) is 6.54 Å². The molecule has 1 fully saturated rings. The lowest BCUT2D eigenvalue weighted by Crippen LogP contribution is -2.39. The molecule has 0 radical (unpaired) electrons. The molecule has 0 atom stereocenters. The first kappa shape index (κ1) is 21.9. The van der Waals surface area contributed by atoms with Gasteiger partial charge in [0.15, 0.2) is 17.5 Å². The second-order valence-electron chi connectivity index (χ2n) is 6.66. The van der Waals surface area contributed by atoms with E-state index in [0.717, 1.165) is 50.9 Å². The number of guanidine groups is 1. The summed E-state index contributed by atoms with van der Waals surface area (Å²) in [6.07, 6.45) is 4.65. The van der Waals surface area contributed by atoms with Gasteiger partial charge in [-0.3, -0.25) is 9.79 Å². The van der Waals surface area contributed by atoms with Gasteiger partial charge in [0.1, 0.15) is 12.4 Å². The van der Waals surface area contributed by atoms with Crippen LogP contribution < -0.4 is 15.4 Å². The van der Waals surface area contributed by atoms with Gasteiger partial charge < -0.3 is 20.3 Å². The van der Waals surface area contributed by atoms with E-state index in [-0.39, 0.29) is 18.3 Å². The highest BCUT2D eigenvalue weighted by molar-refractivity contribution is 5.79. The average molecular weight is 396 g/mol. The van der Waals surface area contributed by atoms with Crippen molar-refractivity contribution in [1.82, 2.24) is 15.5 Å². The van der Waals surface area contributed by atoms with E-state index >= 15 is 0 Å². The summed E-state index contributed by atoms with van der Waals surface area (Å²) in [6, 6.07) is 3.23. The van der Waals surface area contributed by atoms with Crippen molar-refractivity contribution in [3.63, 3.8) is 0 Å². The highest BCUT2D eigenvalue weighted by Gasteiger charge is 2.15. The van der Waals surface area contributed by atoms with Crippen LogP contribution in [0.5, 0.6) is 5.75 Å². The zero-order valence-corrected chi connectivity index (χ0v) is 16.5. The van der Waals surface area contributed by atoms with Gasteiger partial charge in [0.2, 0.25) is 5.91 Å². The van der Waals surface area contributed by atoms with Crippen LogP contribution >= 0.6 is 0 Å². The van der Waals surface area contributed by atoms with E-state index in [4.69, 9.17) is 4.74 Å². The second kappa shape index (κ2) is 12.2. The van der Waals surface area contributed by atoms with E-state index in [1.807, 2.05) is 11.8 Å². The first-order chi connectivity index (χ1) is 13.6. The Kier molecular flexibility index (Phi) is 9.51. The van der Waals surface area contributed by atoms with E-state index in [9.17, 15) is 13.6 Å². The van der Waals surface area contributed by atoms with Gasteiger partial charge in [-0.2, -0.15) is 0 Å². The standard InChI is InChI=1S/C20H30F2N4O2/c1-2-23-20(24-10-6-13-26-12-5-3-4-7-19(26)27)25-11-14-28-18-9-8-16(21)15-17(18)22/h8-9,15H,2-7,10-14H2,1H3,(H2,23,24,25). The summed E-state index contributed by atoms with van der Waals surface area (Å²) in [7, 11) is 0. The lowest BCUT2D eigenvalue weighted by molar-refractivity contribution is -0.130. The monoisotopic (exact) mass is 396 g/mol. The van der Waals surface area contributed by atoms with Gasteiger partial charge in [-0.25, -0.2) is 8.78 Å². The summed E-state index contributed by atoms with van der Waals surface area (Å²) in [5.74, 6) is -0.438. The fourth-order valence-corrected chi connectivity index (χ4v) is 2.99. The minimum Gasteiger partial charge on any atom is -0.489 e. The van der Waals surface area contributed by atoms with Crippen LogP contribution in [-0.2, 0) is 4.79 Å². The smallest absolute Gasteiger partial charge is 0.222 e. The lowest BCUT2D eigenvalue weighted by Gasteiger charge is -2.20. The Morgan fingerprint density at radius 1 is 1.25 bits per heavy atom. The number of benzene rings is 1. The summed E-state index contributed by atoms with van der Waals surface area (Å²) in [5, 5.41) is 6.25. The molecule has 0 aromatic heterocycles. The maximum atomic E-state index is 13.5. The number of likely N-dealkylation sites (tertiary alicyclic amines) is 1. The molecule has 0 bridgehead atoms. The summed E-state index contributed by atoms with van der Waals surface area (Å²) >= 11 is 0. The van der Waals surface area contributed by atoms with Crippen molar-refractivity contribution < 1.29 is 18.3 Å². The van der Waals surface area contributed by atoms with Gasteiger partial charge in [-0.15, -0.1) is 0 Å². The summed E-state index contributed by atoms with van der Waals surface area (Å²) in [4.78, 5) is 18.4. The maximum absolute atomic E-state index is 13.5. The molecule has 1 aliphatic heterocycles. The van der Waals surface area contributed by atoms with Crippen LogP contribution in [0.25, 0.3) is 0 Å². The third kappa shape index (κ3) is 7.70. The lowest BCUT2D eigenvalue weighted by atomic mass is 10.2. The first-order valence-corrected chi connectivity index (χ1v) is 9.98. The number of nitrogens with zero attached hydrogens (tertiary/aromatic N) is 2. The molecule has 8 heteroatoms. The molecule has 28 heavy (non-hydrogen) atoms. The van der Waals surface area contributed by atoms with Crippen molar-refractivity contribution in [2.45, 2.75) is 39.0 Å². The Morgan fingerprint density at radius 2 is 2.11 bits per heavy atom. The van der Waals surface area contributed by atoms with Crippen LogP contribution in [-0.4, -0.2) is 56.1 Å². The SMILES string of the molecule is CCNC(=NCCCN1CCCCCC1=O)NCCOc1ccc(F)cc1F. The van der Waals surface area contributed by atoms with Crippen molar-refractivity contribution >= 4 is 11.9 Å². The van der Waals surface area contributed by atoms with Gasteiger partial charge in [-0.1, -0.05) is 6.42 Å². The van der Waals surface area contributed by atoms with Gasteiger partial charge in [0.25, 0.3) is 0 Å². The zero-order valence-electron chi connectivity index (χ0n) is 16.5. The molecule has 1 aliphatic rings. The fraction of sp³-hybridized carbons (Fsp3) is 0.600. The van der Waals surface area contributed by atoms with Crippen LogP contribution in [0.15, 0.2) is 23.2 Å². The molecular weight excluding hydrogens is 366 g/mol. The predicted octanol–water partition coefficient (Wildman–Crippen LogP) is 2.69. The third-order valence-electron chi connectivity index (χ3n) is 4.42. The number of carbonyl (C=O) groups excluding carboxylic acids is 1. The summed E-state index contributed by atoms with van der Waals surface area (Å²) < 4.78 is 31.7. The molecule has 2 rings (SSSR count). The highest BCUT2D eigenvalue weighted by Crippen LogP contribution is 2.17. The summed E-state index contributed by atoms with van der Waals surface area (Å²) in [6.45, 7) is 5.50. The van der Waals surface area contributed by atoms with Crippen molar-refractivity contribution in [3.8, 4) is 5.75 Å². The van der Waals surface area contributed by atoms with Crippen LogP contribution in [0.4, 0.5) is 8.78 Å². The summed E-state index contributed by atoms with van der Waals surface area (Å²) in [5.41, 5.74) is 0. The first-order valence-electron chi connectivity index (χ1n) is 9.98. The van der Waals surface area contributed by atoms with E-state index in [0.29, 0.717) is 32.0 Å². The maximum Gasteiger partial charge on any atom is 0.222 e. The zero-order chi connectivity index (χ0) is 20.2. The Balaban J connectivity index is 1.70. The molecule has 0 unspecified atom stereocenters. The van der Waals surface area contributed by atoms with Gasteiger partial charge in [-0.05, 0) is 38.3 Å². The number of hydrogen-bond donors (Lipinski definition) is 2. The number of aliphatic imine (C=N–C) groups is 1. The van der Waals surface area contributed by atoms with Crippen molar-refractivity contribution in [2.75, 3.05) is 39.3 Å².